The van der Waals surface area contributed by atoms with Gasteiger partial charge in [0, 0.05) is 5.54 Å². The summed E-state index contributed by atoms with van der Waals surface area (Å²) in [5.41, 5.74) is 1.09. The van der Waals surface area contributed by atoms with Gasteiger partial charge < -0.3 is 4.74 Å². The topological polar surface area (TPSA) is 27.7 Å². The normalized spacial score (nSPS) is 11.3. The molecule has 0 atom stereocenters. The minimum absolute atomic E-state index is 0. The van der Waals surface area contributed by atoms with E-state index >= 15 is 0 Å². The van der Waals surface area contributed by atoms with E-state index in [1.807, 2.05) is 0 Å². The van der Waals surface area contributed by atoms with Crippen LogP contribution in [-0.2, 0) is 13.8 Å². The summed E-state index contributed by atoms with van der Waals surface area (Å²) in [5, 5.41) is -1.09. The third kappa shape index (κ3) is 44.5. The van der Waals surface area contributed by atoms with Crippen molar-refractivity contribution >= 4 is 140 Å². The van der Waals surface area contributed by atoms with Gasteiger partial charge in [-0.3, -0.25) is 4.74 Å². The Morgan fingerprint density at radius 2 is 1.03 bits per heavy atom. The van der Waals surface area contributed by atoms with E-state index in [0.717, 1.165) is 5.54 Å². The summed E-state index contributed by atoms with van der Waals surface area (Å²) >= 11 is 52.8. The largest absolute Gasteiger partial charge is 0.573 e. The maximum absolute atomic E-state index is 11.4. The molecule has 0 aromatic heterocycles. The third-order valence-electron chi connectivity index (χ3n) is 1.03. The molecule has 3 nitrogen and oxygen atoms in total. The summed E-state index contributed by atoms with van der Waals surface area (Å²) < 4.78 is 104. The van der Waals surface area contributed by atoms with Crippen molar-refractivity contribution in [2.75, 3.05) is 0 Å². The summed E-state index contributed by atoms with van der Waals surface area (Å²) in [7, 11) is 0. The van der Waals surface area contributed by atoms with Gasteiger partial charge in [0.1, 0.15) is 4.49 Å². The molecule has 0 N–H and O–H groups in total. The van der Waals surface area contributed by atoms with E-state index in [2.05, 4.69) is 25.6 Å². The molecule has 0 aromatic rings. The van der Waals surface area contributed by atoms with E-state index in [1.54, 1.807) is 0 Å². The van der Waals surface area contributed by atoms with E-state index in [1.165, 1.54) is 0 Å². The Morgan fingerprint density at radius 3 is 1.09 bits per heavy atom. The molecule has 204 valence electrons. The fourth-order valence-electron chi connectivity index (χ4n) is 0.339. The maximum Gasteiger partial charge on any atom is 0.573 e. The average Bonchev–Trinajstić information content (AvgIpc) is 2.51. The molecule has 0 amide bonds. The number of rotatable bonds is 3. The van der Waals surface area contributed by atoms with Gasteiger partial charge in [0.25, 0.3) is 4.52 Å². The molecular formula is C9H3Cl12F9O3. The summed E-state index contributed by atoms with van der Waals surface area (Å²) in [6, 6.07) is 0. The van der Waals surface area contributed by atoms with Gasteiger partial charge in [-0.05, 0) is 11.6 Å². The van der Waals surface area contributed by atoms with Crippen molar-refractivity contribution in [3.8, 4) is 0 Å². The molecule has 0 aliphatic rings. The average molecular weight is 756 g/mol. The quantitative estimate of drug-likeness (QED) is 0.163. The van der Waals surface area contributed by atoms with Crippen molar-refractivity contribution in [3.63, 3.8) is 0 Å². The first-order chi connectivity index (χ1) is 13.8. The first-order valence-corrected chi connectivity index (χ1v) is 9.94. The van der Waals surface area contributed by atoms with Crippen LogP contribution in [-0.4, -0.2) is 28.4 Å². The third-order valence-corrected chi connectivity index (χ3v) is 4.32. The van der Waals surface area contributed by atoms with E-state index in [4.69, 9.17) is 116 Å². The van der Waals surface area contributed by atoms with Crippen LogP contribution in [0.3, 0.4) is 0 Å². The minimum atomic E-state index is -4.97. The second-order valence-electron chi connectivity index (χ2n) is 3.41. The Kier molecular flexibility index (Phi) is 28.7. The van der Waals surface area contributed by atoms with Crippen LogP contribution in [0.5, 0.6) is 0 Å². The molecule has 0 heterocycles. The van der Waals surface area contributed by atoms with Crippen LogP contribution in [0.1, 0.15) is 0 Å². The Hall–Kier alpha value is 2.05. The molecule has 0 aromatic carbocycles. The van der Waals surface area contributed by atoms with Crippen molar-refractivity contribution in [1.29, 1.82) is 0 Å². The van der Waals surface area contributed by atoms with Crippen LogP contribution in [0, 0.1) is 0 Å². The zero-order chi connectivity index (χ0) is 27.1. The lowest BCUT2D eigenvalue weighted by Crippen LogP contribution is -2.33. The van der Waals surface area contributed by atoms with Gasteiger partial charge in [0.2, 0.25) is 5.22 Å². The van der Waals surface area contributed by atoms with E-state index in [9.17, 15) is 39.5 Å². The van der Waals surface area contributed by atoms with Crippen LogP contribution in [0.4, 0.5) is 39.5 Å². The van der Waals surface area contributed by atoms with Crippen molar-refractivity contribution in [1.82, 2.24) is 0 Å². The van der Waals surface area contributed by atoms with Crippen LogP contribution < -0.4 is 0 Å². The van der Waals surface area contributed by atoms with Crippen molar-refractivity contribution in [2.45, 2.75) is 28.4 Å². The number of ether oxygens (including phenoxy) is 2. The summed E-state index contributed by atoms with van der Waals surface area (Å²) in [5.74, 6) is 0. The monoisotopic (exact) mass is 750 g/mol. The Morgan fingerprint density at radius 1 is 0.727 bits per heavy atom. The molecule has 0 spiro atoms. The lowest BCUT2D eigenvalue weighted by Gasteiger charge is -2.21. The first kappa shape index (κ1) is 45.0. The molecule has 0 radical (unpaired) electrons. The van der Waals surface area contributed by atoms with Crippen LogP contribution in [0.15, 0.2) is 19.7 Å². The minimum Gasteiger partial charge on any atom is -0.392 e. The molecule has 0 unspecified atom stereocenters. The highest BCUT2D eigenvalue weighted by Crippen LogP contribution is 2.38. The Labute approximate surface area is 240 Å². The van der Waals surface area contributed by atoms with E-state index in [0.29, 0.717) is 0 Å². The standard InChI is InChI=1S/C3HCl4F3O.C3Cl3F3O.C2HCl3.CClF3O.ClH/c4-1(5)2(6,7)11-3(8,9)10;4-1(5)2(6)10-3(7,8)9;3-1-2(4)5;2-6-1(3,4)5;/h1H;;1H;;1H. The molecule has 0 fully saturated rings. The van der Waals surface area contributed by atoms with Crippen LogP contribution in [0.2, 0.25) is 0 Å². The molecule has 0 saturated carbocycles. The molecule has 24 heteroatoms. The highest BCUT2D eigenvalue weighted by Gasteiger charge is 2.45. The van der Waals surface area contributed by atoms with Crippen LogP contribution >= 0.6 is 140 Å². The fraction of sp³-hybridized carbons (Fsp3) is 0.556. The van der Waals surface area contributed by atoms with Gasteiger partial charge in [-0.2, -0.15) is 4.29 Å². The predicted molar refractivity (Wildman–Crippen MR) is 115 cm³/mol. The van der Waals surface area contributed by atoms with Gasteiger partial charge in [0.15, 0.2) is 9.33 Å². The van der Waals surface area contributed by atoms with Crippen molar-refractivity contribution < 1.29 is 53.3 Å². The smallest absolute Gasteiger partial charge is 0.392 e. The highest BCUT2D eigenvalue weighted by molar-refractivity contribution is 6.59. The molecule has 0 rings (SSSR count). The summed E-state index contributed by atoms with van der Waals surface area (Å²) in [6.45, 7) is 0. The van der Waals surface area contributed by atoms with Gasteiger partial charge in [-0.15, -0.1) is 51.9 Å². The van der Waals surface area contributed by atoms with Gasteiger partial charge in [0.05, 0.1) is 11.9 Å². The van der Waals surface area contributed by atoms with Gasteiger partial charge in [-0.1, -0.05) is 104 Å². The SMILES string of the molecule is Cl.ClC=C(Cl)Cl.FC(F)(F)OC(Cl)(Cl)C(Cl)Cl.FC(F)(F)OC(Cl)=C(Cl)Cl.FC(F)(F)OCl. The zero-order valence-corrected chi connectivity index (χ0v) is 23.0. The zero-order valence-electron chi connectivity index (χ0n) is 13.8. The Bertz CT molecular complexity index is 555. The summed E-state index contributed by atoms with van der Waals surface area (Å²) in [6.07, 6.45) is -14.5. The fourth-order valence-corrected chi connectivity index (χ4v) is 0.768. The van der Waals surface area contributed by atoms with Crippen molar-refractivity contribution in [2.24, 2.45) is 0 Å². The lowest BCUT2D eigenvalue weighted by atomic mass is 10.8. The maximum atomic E-state index is 11.4. The second-order valence-corrected chi connectivity index (χ2v) is 8.50. The molecular weight excluding hydrogens is 753 g/mol. The number of alkyl halides is 13. The summed E-state index contributed by atoms with van der Waals surface area (Å²) in [4.78, 5) is -1.69. The molecule has 0 bridgehead atoms. The van der Waals surface area contributed by atoms with E-state index in [-0.39, 0.29) is 16.9 Å². The van der Waals surface area contributed by atoms with Gasteiger partial charge >= 0.3 is 19.1 Å². The van der Waals surface area contributed by atoms with Gasteiger partial charge in [-0.25, -0.2) is 0 Å². The first-order valence-electron chi connectivity index (χ1n) is 5.68. The van der Waals surface area contributed by atoms with E-state index < -0.39 is 38.2 Å². The Balaban J connectivity index is -0.000000110. The molecule has 0 saturated heterocycles. The van der Waals surface area contributed by atoms with Crippen LogP contribution in [0.25, 0.3) is 0 Å². The van der Waals surface area contributed by atoms with Crippen molar-refractivity contribution in [3.05, 3.63) is 19.7 Å². The predicted octanol–water partition coefficient (Wildman–Crippen LogP) is 11.4. The number of hydrogen-bond acceptors (Lipinski definition) is 3. The molecule has 0 aliphatic carbocycles. The second kappa shape index (κ2) is 21.0. The molecule has 33 heavy (non-hydrogen) atoms. The lowest BCUT2D eigenvalue weighted by molar-refractivity contribution is -0.337. The number of halogens is 21. The number of hydrogen-bond donors (Lipinski definition) is 0. The molecule has 0 aliphatic heterocycles. The highest BCUT2D eigenvalue weighted by atomic mass is 35.5.